The summed E-state index contributed by atoms with van der Waals surface area (Å²) in [5.74, 6) is 1.23. The maximum atomic E-state index is 12.9. The summed E-state index contributed by atoms with van der Waals surface area (Å²) in [7, 11) is 0. The lowest BCUT2D eigenvalue weighted by Crippen LogP contribution is -2.51. The Morgan fingerprint density at radius 1 is 1.18 bits per heavy atom. The fourth-order valence-corrected chi connectivity index (χ4v) is 4.10. The molecule has 0 aromatic carbocycles. The molecule has 1 fully saturated rings. The number of aromatic nitrogens is 2. The van der Waals surface area contributed by atoms with Gasteiger partial charge in [-0.2, -0.15) is 0 Å². The lowest BCUT2D eigenvalue weighted by Gasteiger charge is -2.33. The van der Waals surface area contributed by atoms with Gasteiger partial charge >= 0.3 is 0 Å². The number of hydrogen-bond donors (Lipinski definition) is 2. The second-order valence-corrected chi connectivity index (χ2v) is 7.54. The van der Waals surface area contributed by atoms with Crippen LogP contribution in [0.5, 0.6) is 0 Å². The largest absolute Gasteiger partial charge is 0.361 e. The van der Waals surface area contributed by atoms with E-state index in [-0.39, 0.29) is 30.7 Å². The third-order valence-corrected chi connectivity index (χ3v) is 5.62. The highest BCUT2D eigenvalue weighted by atomic mass is 19.1. The fraction of sp³-hybridized carbons (Fsp3) is 0.450. The molecule has 0 radical (unpaired) electrons. The van der Waals surface area contributed by atoms with Gasteiger partial charge in [0.15, 0.2) is 17.8 Å². The SMILES string of the molecule is O=C(C1CC1)C1Nc2cnccc2N1CC1Nc2cccnc2N1CCCF. The number of Topliss-reactive ketones (excluding diaryl/α,β-unsaturated/α-hetero) is 1. The molecule has 2 atom stereocenters. The molecule has 5 rings (SSSR count). The van der Waals surface area contributed by atoms with E-state index in [4.69, 9.17) is 0 Å². The first kappa shape index (κ1) is 17.2. The van der Waals surface area contributed by atoms with E-state index in [0.717, 1.165) is 35.7 Å². The van der Waals surface area contributed by atoms with Gasteiger partial charge in [-0.1, -0.05) is 0 Å². The molecule has 1 saturated carbocycles. The van der Waals surface area contributed by atoms with Crippen molar-refractivity contribution in [2.24, 2.45) is 5.92 Å². The zero-order valence-corrected chi connectivity index (χ0v) is 15.5. The Morgan fingerprint density at radius 2 is 2.07 bits per heavy atom. The Morgan fingerprint density at radius 3 is 2.89 bits per heavy atom. The highest BCUT2D eigenvalue weighted by Gasteiger charge is 2.43. The number of fused-ring (bicyclic) bond motifs is 2. The van der Waals surface area contributed by atoms with E-state index >= 15 is 0 Å². The maximum absolute atomic E-state index is 12.9. The van der Waals surface area contributed by atoms with Crippen LogP contribution in [0.25, 0.3) is 0 Å². The first-order valence-electron chi connectivity index (χ1n) is 9.81. The highest BCUT2D eigenvalue weighted by Crippen LogP contribution is 2.40. The fourth-order valence-electron chi connectivity index (χ4n) is 4.10. The number of hydrogen-bond acceptors (Lipinski definition) is 7. The molecule has 1 aliphatic carbocycles. The summed E-state index contributed by atoms with van der Waals surface area (Å²) in [5.41, 5.74) is 2.80. The van der Waals surface area contributed by atoms with Crippen molar-refractivity contribution >= 4 is 28.7 Å². The first-order valence-corrected chi connectivity index (χ1v) is 9.81. The molecule has 2 aromatic rings. The van der Waals surface area contributed by atoms with Gasteiger partial charge in [0.1, 0.15) is 6.17 Å². The van der Waals surface area contributed by atoms with Crippen LogP contribution in [0.15, 0.2) is 36.8 Å². The number of rotatable bonds is 7. The second-order valence-electron chi connectivity index (χ2n) is 7.54. The molecule has 2 N–H and O–H groups in total. The molecular formula is C20H23FN6O. The van der Waals surface area contributed by atoms with Crippen molar-refractivity contribution < 1.29 is 9.18 Å². The van der Waals surface area contributed by atoms with E-state index in [2.05, 4.69) is 30.4 Å². The summed E-state index contributed by atoms with van der Waals surface area (Å²) >= 11 is 0. The summed E-state index contributed by atoms with van der Waals surface area (Å²) in [6, 6.07) is 5.81. The van der Waals surface area contributed by atoms with E-state index < -0.39 is 0 Å². The topological polar surface area (TPSA) is 73.4 Å². The van der Waals surface area contributed by atoms with Crippen molar-refractivity contribution in [3.63, 3.8) is 0 Å². The molecule has 0 saturated heterocycles. The van der Waals surface area contributed by atoms with Crippen molar-refractivity contribution in [1.82, 2.24) is 9.97 Å². The van der Waals surface area contributed by atoms with Crippen LogP contribution >= 0.6 is 0 Å². The molecule has 0 spiro atoms. The molecule has 146 valence electrons. The number of pyridine rings is 2. The second kappa shape index (κ2) is 6.92. The summed E-state index contributed by atoms with van der Waals surface area (Å²) < 4.78 is 12.9. The van der Waals surface area contributed by atoms with E-state index in [1.165, 1.54) is 0 Å². The molecule has 3 aliphatic rings. The van der Waals surface area contributed by atoms with Crippen LogP contribution in [0.2, 0.25) is 0 Å². The van der Waals surface area contributed by atoms with Crippen molar-refractivity contribution in [3.8, 4) is 0 Å². The van der Waals surface area contributed by atoms with Crippen LogP contribution in [0.3, 0.4) is 0 Å². The number of nitrogens with zero attached hydrogens (tertiary/aromatic N) is 4. The third-order valence-electron chi connectivity index (χ3n) is 5.62. The Labute approximate surface area is 163 Å². The molecular weight excluding hydrogens is 359 g/mol. The number of anilines is 4. The quantitative estimate of drug-likeness (QED) is 0.763. The third kappa shape index (κ3) is 2.93. The monoisotopic (exact) mass is 382 g/mol. The molecule has 4 heterocycles. The minimum atomic E-state index is -0.381. The van der Waals surface area contributed by atoms with Gasteiger partial charge in [0.2, 0.25) is 0 Å². The Balaban J connectivity index is 1.43. The number of carbonyl (C=O) groups excluding carboxylic acids is 1. The van der Waals surface area contributed by atoms with Crippen LogP contribution in [0.1, 0.15) is 19.3 Å². The van der Waals surface area contributed by atoms with Gasteiger partial charge < -0.3 is 20.4 Å². The number of carbonyl (C=O) groups is 1. The summed E-state index contributed by atoms with van der Waals surface area (Å²) in [6.07, 6.45) is 7.18. The normalized spacial score (nSPS) is 22.5. The summed E-state index contributed by atoms with van der Waals surface area (Å²) in [6.45, 7) is 0.785. The molecule has 28 heavy (non-hydrogen) atoms. The number of alkyl halides is 1. The Kier molecular flexibility index (Phi) is 4.26. The van der Waals surface area contributed by atoms with Crippen molar-refractivity contribution in [1.29, 1.82) is 0 Å². The minimum absolute atomic E-state index is 0.0909. The van der Waals surface area contributed by atoms with Crippen molar-refractivity contribution in [3.05, 3.63) is 36.8 Å². The van der Waals surface area contributed by atoms with Gasteiger partial charge in [-0.05, 0) is 37.5 Å². The number of ketones is 1. The van der Waals surface area contributed by atoms with Gasteiger partial charge in [0, 0.05) is 24.9 Å². The highest BCUT2D eigenvalue weighted by molar-refractivity contribution is 5.97. The predicted octanol–water partition coefficient (Wildman–Crippen LogP) is 2.63. The molecule has 0 amide bonds. The van der Waals surface area contributed by atoms with Gasteiger partial charge in [0.05, 0.1) is 36.5 Å². The van der Waals surface area contributed by atoms with Crippen molar-refractivity contribution in [2.45, 2.75) is 31.6 Å². The van der Waals surface area contributed by atoms with Crippen LogP contribution < -0.4 is 20.4 Å². The zero-order valence-electron chi connectivity index (χ0n) is 15.5. The van der Waals surface area contributed by atoms with Gasteiger partial charge in [0.25, 0.3) is 0 Å². The smallest absolute Gasteiger partial charge is 0.178 e. The summed E-state index contributed by atoms with van der Waals surface area (Å²) in [5, 5.41) is 6.85. The maximum Gasteiger partial charge on any atom is 0.178 e. The zero-order chi connectivity index (χ0) is 19.1. The lowest BCUT2D eigenvalue weighted by atomic mass is 10.2. The molecule has 8 heteroatoms. The van der Waals surface area contributed by atoms with E-state index in [9.17, 15) is 9.18 Å². The Hall–Kier alpha value is -2.90. The molecule has 2 aliphatic heterocycles. The van der Waals surface area contributed by atoms with Crippen LogP contribution in [-0.4, -0.2) is 47.8 Å². The standard InChI is InChI=1S/C20H23FN6O/c21-7-2-10-26-17(24-14-3-1-8-23-19(14)26)12-27-16-6-9-22-11-15(16)25-20(27)18(28)13-4-5-13/h1,3,6,8-9,11,13,17,20,24-25H,2,4-5,7,10,12H2. The molecule has 2 aromatic heterocycles. The van der Waals surface area contributed by atoms with Crippen LogP contribution in [0, 0.1) is 5.92 Å². The average molecular weight is 382 g/mol. The van der Waals surface area contributed by atoms with Crippen molar-refractivity contribution in [2.75, 3.05) is 40.2 Å². The van der Waals surface area contributed by atoms with Crippen LogP contribution in [-0.2, 0) is 4.79 Å². The van der Waals surface area contributed by atoms with E-state index in [1.807, 2.05) is 18.2 Å². The average Bonchev–Trinajstić information content (AvgIpc) is 3.43. The molecule has 0 bridgehead atoms. The first-order chi connectivity index (χ1) is 13.8. The Bertz CT molecular complexity index is 889. The van der Waals surface area contributed by atoms with Crippen LogP contribution in [0.4, 0.5) is 27.3 Å². The minimum Gasteiger partial charge on any atom is -0.361 e. The van der Waals surface area contributed by atoms with E-state index in [0.29, 0.717) is 19.5 Å². The van der Waals surface area contributed by atoms with Gasteiger partial charge in [-0.25, -0.2) is 4.98 Å². The lowest BCUT2D eigenvalue weighted by molar-refractivity contribution is -0.120. The number of nitrogens with one attached hydrogen (secondary N) is 2. The molecule has 2 unspecified atom stereocenters. The number of halogens is 1. The molecule has 7 nitrogen and oxygen atoms in total. The summed E-state index contributed by atoms with van der Waals surface area (Å²) in [4.78, 5) is 25.8. The van der Waals surface area contributed by atoms with Gasteiger partial charge in [-0.15, -0.1) is 0 Å². The van der Waals surface area contributed by atoms with Gasteiger partial charge in [-0.3, -0.25) is 14.2 Å². The predicted molar refractivity (Wildman–Crippen MR) is 106 cm³/mol. The van der Waals surface area contributed by atoms with E-state index in [1.54, 1.807) is 18.6 Å².